The average Bonchev–Trinajstić information content (AvgIpc) is 2.42. The van der Waals surface area contributed by atoms with E-state index >= 15 is 0 Å². The van der Waals surface area contributed by atoms with Gasteiger partial charge in [-0.3, -0.25) is 9.59 Å². The number of halogens is 1. The van der Waals surface area contributed by atoms with Gasteiger partial charge in [0.25, 0.3) is 0 Å². The van der Waals surface area contributed by atoms with Crippen LogP contribution in [0.5, 0.6) is 0 Å². The number of carboxylic acids is 1. The summed E-state index contributed by atoms with van der Waals surface area (Å²) >= 11 is 5.79. The smallest absolute Gasteiger partial charge is 0.321 e. The number of nitrogens with zero attached hydrogens (tertiary/aromatic N) is 1. The van der Waals surface area contributed by atoms with Crippen LogP contribution in [0.25, 0.3) is 0 Å². The first-order valence-corrected chi connectivity index (χ1v) is 8.22. The Labute approximate surface area is 133 Å². The Balaban J connectivity index is 3.12. The van der Waals surface area contributed by atoms with E-state index < -0.39 is 22.0 Å². The predicted molar refractivity (Wildman–Crippen MR) is 81.1 cm³/mol. The standard InChI is InChI=1S/C13H17ClN2O5S/c1-9(13(18)19)16(7-6-15-10(2)17)22(20,21)12-5-3-4-11(14)8-12/h3-5,8-9H,6-7H2,1-2H3,(H,15,17)(H,18,19). The normalized spacial score (nSPS) is 12.9. The summed E-state index contributed by atoms with van der Waals surface area (Å²) in [7, 11) is -4.05. The highest BCUT2D eigenvalue weighted by atomic mass is 35.5. The van der Waals surface area contributed by atoms with Crippen molar-refractivity contribution in [1.82, 2.24) is 9.62 Å². The minimum absolute atomic E-state index is 0.00670. The number of hydrogen-bond acceptors (Lipinski definition) is 4. The first kappa shape index (κ1) is 18.4. The van der Waals surface area contributed by atoms with E-state index in [1.54, 1.807) is 0 Å². The fourth-order valence-electron chi connectivity index (χ4n) is 1.75. The van der Waals surface area contributed by atoms with E-state index in [0.717, 1.165) is 4.31 Å². The Bertz CT molecular complexity index is 662. The van der Waals surface area contributed by atoms with Crippen LogP contribution in [0.3, 0.4) is 0 Å². The lowest BCUT2D eigenvalue weighted by atomic mass is 10.3. The summed E-state index contributed by atoms with van der Waals surface area (Å²) in [5, 5.41) is 11.8. The lowest BCUT2D eigenvalue weighted by Crippen LogP contribution is -2.46. The molecule has 22 heavy (non-hydrogen) atoms. The number of carbonyl (C=O) groups is 2. The Morgan fingerprint density at radius 2 is 2.05 bits per heavy atom. The zero-order chi connectivity index (χ0) is 16.9. The van der Waals surface area contributed by atoms with Gasteiger partial charge in [-0.15, -0.1) is 0 Å². The van der Waals surface area contributed by atoms with Gasteiger partial charge in [-0.25, -0.2) is 8.42 Å². The Hall–Kier alpha value is -1.64. The zero-order valence-electron chi connectivity index (χ0n) is 12.1. The van der Waals surface area contributed by atoms with E-state index in [0.29, 0.717) is 0 Å². The summed E-state index contributed by atoms with van der Waals surface area (Å²) in [4.78, 5) is 21.9. The molecule has 0 aliphatic heterocycles. The fourth-order valence-corrected chi connectivity index (χ4v) is 3.64. The molecule has 0 heterocycles. The van der Waals surface area contributed by atoms with Crippen LogP contribution in [0, 0.1) is 0 Å². The quantitative estimate of drug-likeness (QED) is 0.763. The minimum atomic E-state index is -4.05. The predicted octanol–water partition coefficient (Wildman–Crippen LogP) is 0.940. The topological polar surface area (TPSA) is 104 Å². The van der Waals surface area contributed by atoms with Crippen LogP contribution in [0.1, 0.15) is 13.8 Å². The van der Waals surface area contributed by atoms with Gasteiger partial charge in [0.1, 0.15) is 6.04 Å². The number of carboxylic acid groups (broad SMARTS) is 1. The molecule has 2 N–H and O–H groups in total. The number of carbonyl (C=O) groups excluding carboxylic acids is 1. The molecule has 0 radical (unpaired) electrons. The molecule has 1 atom stereocenters. The van der Waals surface area contributed by atoms with Crippen molar-refractivity contribution in [3.63, 3.8) is 0 Å². The lowest BCUT2D eigenvalue weighted by molar-refractivity contribution is -0.140. The monoisotopic (exact) mass is 348 g/mol. The first-order chi connectivity index (χ1) is 10.2. The summed E-state index contributed by atoms with van der Waals surface area (Å²) < 4.78 is 26.0. The Kier molecular flexibility index (Phi) is 6.34. The fraction of sp³-hybridized carbons (Fsp3) is 0.385. The van der Waals surface area contributed by atoms with Crippen molar-refractivity contribution in [2.24, 2.45) is 0 Å². The van der Waals surface area contributed by atoms with Gasteiger partial charge in [-0.2, -0.15) is 4.31 Å². The summed E-state index contributed by atoms with van der Waals surface area (Å²) in [6.07, 6.45) is 0. The largest absolute Gasteiger partial charge is 0.480 e. The summed E-state index contributed by atoms with van der Waals surface area (Å²) in [5.74, 6) is -1.61. The molecule has 1 unspecified atom stereocenters. The molecule has 1 aromatic rings. The van der Waals surface area contributed by atoms with Gasteiger partial charge < -0.3 is 10.4 Å². The molecule has 9 heteroatoms. The molecule has 1 aromatic carbocycles. The van der Waals surface area contributed by atoms with Gasteiger partial charge in [0, 0.05) is 25.0 Å². The third kappa shape index (κ3) is 4.69. The maximum Gasteiger partial charge on any atom is 0.321 e. The Morgan fingerprint density at radius 1 is 1.41 bits per heavy atom. The van der Waals surface area contributed by atoms with Gasteiger partial charge in [0.15, 0.2) is 0 Å². The van der Waals surface area contributed by atoms with Crippen molar-refractivity contribution in [2.75, 3.05) is 13.1 Å². The van der Waals surface area contributed by atoms with Crippen LogP contribution in [-0.4, -0.2) is 48.8 Å². The number of amides is 1. The van der Waals surface area contributed by atoms with E-state index in [1.807, 2.05) is 0 Å². The van der Waals surface area contributed by atoms with Crippen molar-refractivity contribution in [3.8, 4) is 0 Å². The van der Waals surface area contributed by atoms with Crippen LogP contribution < -0.4 is 5.32 Å². The SMILES string of the molecule is CC(=O)NCCN(C(C)C(=O)O)S(=O)(=O)c1cccc(Cl)c1. The van der Waals surface area contributed by atoms with E-state index in [9.17, 15) is 18.0 Å². The maximum atomic E-state index is 12.6. The molecule has 122 valence electrons. The molecular formula is C13H17ClN2O5S. The van der Waals surface area contributed by atoms with Crippen LogP contribution in [0.2, 0.25) is 5.02 Å². The number of rotatable bonds is 7. The molecule has 1 rings (SSSR count). The summed E-state index contributed by atoms with van der Waals surface area (Å²) in [5.41, 5.74) is 0. The number of hydrogen-bond donors (Lipinski definition) is 2. The van der Waals surface area contributed by atoms with Gasteiger partial charge in [-0.05, 0) is 25.1 Å². The van der Waals surface area contributed by atoms with Gasteiger partial charge >= 0.3 is 5.97 Å². The second-order valence-electron chi connectivity index (χ2n) is 4.57. The van der Waals surface area contributed by atoms with Crippen molar-refractivity contribution in [2.45, 2.75) is 24.8 Å². The second kappa shape index (κ2) is 7.57. The van der Waals surface area contributed by atoms with Crippen molar-refractivity contribution >= 4 is 33.5 Å². The number of aliphatic carboxylic acids is 1. The van der Waals surface area contributed by atoms with E-state index in [4.69, 9.17) is 16.7 Å². The Morgan fingerprint density at radius 3 is 2.55 bits per heavy atom. The zero-order valence-corrected chi connectivity index (χ0v) is 13.7. The molecule has 0 bridgehead atoms. The number of benzene rings is 1. The average molecular weight is 349 g/mol. The molecule has 0 fully saturated rings. The first-order valence-electron chi connectivity index (χ1n) is 6.41. The van der Waals surface area contributed by atoms with Crippen LogP contribution in [0.15, 0.2) is 29.2 Å². The highest BCUT2D eigenvalue weighted by Gasteiger charge is 2.32. The molecule has 1 amide bonds. The van der Waals surface area contributed by atoms with E-state index in [1.165, 1.54) is 38.1 Å². The number of sulfonamides is 1. The highest BCUT2D eigenvalue weighted by molar-refractivity contribution is 7.89. The second-order valence-corrected chi connectivity index (χ2v) is 6.90. The van der Waals surface area contributed by atoms with Crippen molar-refractivity contribution in [3.05, 3.63) is 29.3 Å². The third-order valence-corrected chi connectivity index (χ3v) is 5.10. The van der Waals surface area contributed by atoms with E-state index in [2.05, 4.69) is 5.32 Å². The molecule has 7 nitrogen and oxygen atoms in total. The molecule has 0 aromatic heterocycles. The molecule has 0 spiro atoms. The van der Waals surface area contributed by atoms with Gasteiger partial charge in [-0.1, -0.05) is 17.7 Å². The number of nitrogens with one attached hydrogen (secondary N) is 1. The van der Waals surface area contributed by atoms with Crippen LogP contribution >= 0.6 is 11.6 Å². The van der Waals surface area contributed by atoms with Crippen molar-refractivity contribution < 1.29 is 23.1 Å². The van der Waals surface area contributed by atoms with E-state index in [-0.39, 0.29) is 28.9 Å². The van der Waals surface area contributed by atoms with Crippen LogP contribution in [0.4, 0.5) is 0 Å². The molecule has 0 saturated heterocycles. The summed E-state index contributed by atoms with van der Waals surface area (Å²) in [6.45, 7) is 2.39. The summed E-state index contributed by atoms with van der Waals surface area (Å²) in [6, 6.07) is 4.28. The molecule has 0 aliphatic carbocycles. The highest BCUT2D eigenvalue weighted by Crippen LogP contribution is 2.21. The van der Waals surface area contributed by atoms with Gasteiger partial charge in [0.05, 0.1) is 4.90 Å². The maximum absolute atomic E-state index is 12.6. The molecule has 0 aliphatic rings. The van der Waals surface area contributed by atoms with Crippen LogP contribution in [-0.2, 0) is 19.6 Å². The third-order valence-electron chi connectivity index (χ3n) is 2.90. The molecule has 0 saturated carbocycles. The minimum Gasteiger partial charge on any atom is -0.480 e. The lowest BCUT2D eigenvalue weighted by Gasteiger charge is -2.25. The van der Waals surface area contributed by atoms with Gasteiger partial charge in [0.2, 0.25) is 15.9 Å². The molecular weight excluding hydrogens is 332 g/mol. The van der Waals surface area contributed by atoms with Crippen molar-refractivity contribution in [1.29, 1.82) is 0 Å².